The topological polar surface area (TPSA) is 101 Å². The van der Waals surface area contributed by atoms with Crippen LogP contribution >= 0.6 is 11.3 Å². The smallest absolute Gasteiger partial charge is 0.423 e. The number of aromatic hydroxyl groups is 1. The number of fused-ring (bicyclic) bond motifs is 1. The molecule has 0 saturated carbocycles. The van der Waals surface area contributed by atoms with Crippen molar-refractivity contribution >= 4 is 44.4 Å². The Bertz CT molecular complexity index is 1230. The molecule has 9 heteroatoms. The Labute approximate surface area is 202 Å². The fourth-order valence-electron chi connectivity index (χ4n) is 3.57. The van der Waals surface area contributed by atoms with Crippen LogP contribution in [0.4, 0.5) is 21.6 Å². The van der Waals surface area contributed by atoms with Crippen LogP contribution in [0, 0.1) is 5.92 Å². The first-order chi connectivity index (χ1) is 16.4. The lowest BCUT2D eigenvalue weighted by atomic mass is 10.1. The second kappa shape index (κ2) is 10.6. The van der Waals surface area contributed by atoms with E-state index in [0.29, 0.717) is 12.1 Å². The monoisotopic (exact) mass is 479 g/mol. The minimum atomic E-state index is -0.664. The third kappa shape index (κ3) is 5.48. The molecule has 3 N–H and O–H groups in total. The van der Waals surface area contributed by atoms with Crippen molar-refractivity contribution in [2.45, 2.75) is 33.6 Å². The zero-order chi connectivity index (χ0) is 24.1. The van der Waals surface area contributed by atoms with Crippen molar-refractivity contribution in [2.24, 2.45) is 5.92 Å². The van der Waals surface area contributed by atoms with Crippen LogP contribution in [0.15, 0.2) is 48.5 Å². The van der Waals surface area contributed by atoms with E-state index < -0.39 is 6.09 Å². The summed E-state index contributed by atoms with van der Waals surface area (Å²) in [6.45, 7) is 6.75. The molecule has 0 radical (unpaired) electrons. The van der Waals surface area contributed by atoms with Gasteiger partial charge in [0.2, 0.25) is 11.8 Å². The number of ether oxygens (including phenoxy) is 1. The standard InChI is InChI=1S/C25H29N5O3S/c1-4-33-25(32)30-22(31)20(15-16(2)3)28-23(30)27-18-11-9-17(10-12-18)13-14-26-24-29-19-7-5-6-8-21(19)34-24/h5-12,16,31H,4,13-15H2,1-3H3,(H,26,29)(H,27,28). The Morgan fingerprint density at radius 3 is 2.62 bits per heavy atom. The number of carbonyl (C=O) groups excluding carboxylic acids is 1. The highest BCUT2D eigenvalue weighted by Gasteiger charge is 2.23. The Morgan fingerprint density at radius 1 is 1.15 bits per heavy atom. The van der Waals surface area contributed by atoms with Gasteiger partial charge in [0, 0.05) is 12.2 Å². The van der Waals surface area contributed by atoms with E-state index >= 15 is 0 Å². The highest BCUT2D eigenvalue weighted by Crippen LogP contribution is 2.28. The van der Waals surface area contributed by atoms with Gasteiger partial charge in [-0.3, -0.25) is 0 Å². The number of hydrogen-bond donors (Lipinski definition) is 3. The average molecular weight is 480 g/mol. The Morgan fingerprint density at radius 2 is 1.91 bits per heavy atom. The lowest BCUT2D eigenvalue weighted by molar-refractivity contribution is 0.152. The minimum absolute atomic E-state index is 0.188. The number of anilines is 3. The molecule has 0 fully saturated rings. The summed E-state index contributed by atoms with van der Waals surface area (Å²) < 4.78 is 7.35. The fraction of sp³-hybridized carbons (Fsp3) is 0.320. The maximum absolute atomic E-state index is 12.4. The Balaban J connectivity index is 1.41. The number of thiazole rings is 1. The van der Waals surface area contributed by atoms with Crippen molar-refractivity contribution in [1.29, 1.82) is 0 Å². The molecule has 2 aromatic heterocycles. The highest BCUT2D eigenvalue weighted by molar-refractivity contribution is 7.22. The van der Waals surface area contributed by atoms with Gasteiger partial charge in [0.1, 0.15) is 5.69 Å². The van der Waals surface area contributed by atoms with Crippen LogP contribution in [0.3, 0.4) is 0 Å². The number of para-hydroxylation sites is 1. The maximum atomic E-state index is 12.4. The van der Waals surface area contributed by atoms with Crippen LogP contribution < -0.4 is 10.6 Å². The van der Waals surface area contributed by atoms with Crippen molar-refractivity contribution in [2.75, 3.05) is 23.8 Å². The molecule has 8 nitrogen and oxygen atoms in total. The SMILES string of the molecule is CCOC(=O)n1c(Nc2ccc(CCNc3nc4ccccc4s3)cc2)nc(CC(C)C)c1O. The van der Waals surface area contributed by atoms with Gasteiger partial charge in [-0.15, -0.1) is 0 Å². The van der Waals surface area contributed by atoms with Crippen molar-refractivity contribution in [3.63, 3.8) is 0 Å². The second-order valence-electron chi connectivity index (χ2n) is 8.32. The molecule has 2 aromatic carbocycles. The normalized spacial score (nSPS) is 11.2. The van der Waals surface area contributed by atoms with Crippen molar-refractivity contribution in [1.82, 2.24) is 14.5 Å². The lowest BCUT2D eigenvalue weighted by Gasteiger charge is -2.10. The maximum Gasteiger partial charge on any atom is 0.423 e. The van der Waals surface area contributed by atoms with E-state index in [1.807, 2.05) is 56.3 Å². The van der Waals surface area contributed by atoms with Gasteiger partial charge in [-0.1, -0.05) is 49.4 Å². The zero-order valence-electron chi connectivity index (χ0n) is 19.5. The molecule has 178 valence electrons. The molecular weight excluding hydrogens is 450 g/mol. The predicted octanol–water partition coefficient (Wildman–Crippen LogP) is 5.80. The van der Waals surface area contributed by atoms with Crippen LogP contribution in [0.5, 0.6) is 5.88 Å². The first-order valence-corrected chi connectivity index (χ1v) is 12.2. The number of hydrogen-bond acceptors (Lipinski definition) is 8. The van der Waals surface area contributed by atoms with Crippen LogP contribution in [0.2, 0.25) is 0 Å². The van der Waals surface area contributed by atoms with Gasteiger partial charge in [-0.2, -0.15) is 4.57 Å². The van der Waals surface area contributed by atoms with Gasteiger partial charge < -0.3 is 20.5 Å². The average Bonchev–Trinajstić information content (AvgIpc) is 3.35. The van der Waals surface area contributed by atoms with Gasteiger partial charge in [0.25, 0.3) is 0 Å². The van der Waals surface area contributed by atoms with Gasteiger partial charge in [0.05, 0.1) is 16.8 Å². The Kier molecular flexibility index (Phi) is 7.32. The molecule has 0 aliphatic rings. The molecular formula is C25H29N5O3S. The van der Waals surface area contributed by atoms with E-state index in [0.717, 1.165) is 39.4 Å². The van der Waals surface area contributed by atoms with Crippen molar-refractivity contribution < 1.29 is 14.6 Å². The molecule has 34 heavy (non-hydrogen) atoms. The van der Waals surface area contributed by atoms with E-state index in [1.54, 1.807) is 18.3 Å². The molecule has 0 saturated heterocycles. The van der Waals surface area contributed by atoms with Crippen LogP contribution in [-0.2, 0) is 17.6 Å². The van der Waals surface area contributed by atoms with E-state index in [9.17, 15) is 9.90 Å². The number of aromatic nitrogens is 3. The zero-order valence-corrected chi connectivity index (χ0v) is 20.4. The van der Waals surface area contributed by atoms with Gasteiger partial charge in [-0.05, 0) is 55.5 Å². The first kappa shape index (κ1) is 23.6. The van der Waals surface area contributed by atoms with Gasteiger partial charge >= 0.3 is 6.09 Å². The molecule has 0 spiro atoms. The van der Waals surface area contributed by atoms with E-state index in [2.05, 4.69) is 26.7 Å². The summed E-state index contributed by atoms with van der Waals surface area (Å²) in [4.78, 5) is 21.5. The van der Waals surface area contributed by atoms with Crippen LogP contribution in [0.25, 0.3) is 10.2 Å². The molecule has 0 bridgehead atoms. The second-order valence-corrected chi connectivity index (χ2v) is 9.35. The molecule has 0 unspecified atom stereocenters. The molecule has 0 atom stereocenters. The van der Waals surface area contributed by atoms with Crippen LogP contribution in [0.1, 0.15) is 32.0 Å². The number of imidazole rings is 1. The molecule has 2 heterocycles. The number of nitrogens with one attached hydrogen (secondary N) is 2. The summed E-state index contributed by atoms with van der Waals surface area (Å²) in [7, 11) is 0. The van der Waals surface area contributed by atoms with E-state index in [-0.39, 0.29) is 24.4 Å². The van der Waals surface area contributed by atoms with E-state index in [1.165, 1.54) is 4.70 Å². The number of nitrogens with zero attached hydrogens (tertiary/aromatic N) is 3. The molecule has 0 aliphatic heterocycles. The van der Waals surface area contributed by atoms with Crippen molar-refractivity contribution in [3.8, 4) is 5.88 Å². The molecule has 0 aliphatic carbocycles. The summed E-state index contributed by atoms with van der Waals surface area (Å²) in [5, 5.41) is 18.0. The minimum Gasteiger partial charge on any atom is -0.493 e. The fourth-order valence-corrected chi connectivity index (χ4v) is 4.46. The summed E-state index contributed by atoms with van der Waals surface area (Å²) in [6, 6.07) is 16.0. The number of rotatable bonds is 9. The molecule has 0 amide bonds. The third-order valence-electron chi connectivity index (χ3n) is 5.17. The van der Waals surface area contributed by atoms with Gasteiger partial charge in [-0.25, -0.2) is 14.8 Å². The number of carbonyl (C=O) groups is 1. The highest BCUT2D eigenvalue weighted by atomic mass is 32.1. The summed E-state index contributed by atoms with van der Waals surface area (Å²) >= 11 is 1.65. The Hall–Kier alpha value is -3.59. The predicted molar refractivity (Wildman–Crippen MR) is 136 cm³/mol. The summed E-state index contributed by atoms with van der Waals surface area (Å²) in [6.07, 6.45) is 0.725. The molecule has 4 rings (SSSR count). The largest absolute Gasteiger partial charge is 0.493 e. The quantitative estimate of drug-likeness (QED) is 0.279. The number of benzene rings is 2. The lowest BCUT2D eigenvalue weighted by Crippen LogP contribution is -2.15. The van der Waals surface area contributed by atoms with Crippen LogP contribution in [-0.4, -0.2) is 38.9 Å². The summed E-state index contributed by atoms with van der Waals surface area (Å²) in [5.74, 6) is 0.323. The van der Waals surface area contributed by atoms with Crippen molar-refractivity contribution in [3.05, 3.63) is 59.8 Å². The third-order valence-corrected chi connectivity index (χ3v) is 6.16. The van der Waals surface area contributed by atoms with E-state index in [4.69, 9.17) is 4.74 Å². The molecule has 4 aromatic rings. The first-order valence-electron chi connectivity index (χ1n) is 11.4. The summed E-state index contributed by atoms with van der Waals surface area (Å²) in [5.41, 5.74) is 3.39. The van der Waals surface area contributed by atoms with Gasteiger partial charge in [0.15, 0.2) is 5.13 Å².